The van der Waals surface area contributed by atoms with Crippen LogP contribution in [0, 0.1) is 0 Å². The summed E-state index contributed by atoms with van der Waals surface area (Å²) in [7, 11) is 1.56. The van der Waals surface area contributed by atoms with Gasteiger partial charge in [0.05, 0.1) is 0 Å². The minimum Gasteiger partial charge on any atom is -0.444 e. The molecule has 0 bridgehead atoms. The van der Waals surface area contributed by atoms with Gasteiger partial charge in [-0.15, -0.1) is 0 Å². The van der Waals surface area contributed by atoms with Gasteiger partial charge in [-0.1, -0.05) is 0 Å². The van der Waals surface area contributed by atoms with Crippen molar-refractivity contribution in [3.8, 4) is 0 Å². The van der Waals surface area contributed by atoms with Gasteiger partial charge in [0.25, 0.3) is 5.91 Å². The van der Waals surface area contributed by atoms with Gasteiger partial charge in [-0.25, -0.2) is 4.79 Å². The van der Waals surface area contributed by atoms with Crippen LogP contribution in [0.5, 0.6) is 0 Å². The second-order valence-corrected chi connectivity index (χ2v) is 5.72. The summed E-state index contributed by atoms with van der Waals surface area (Å²) in [6.45, 7) is 6.63. The maximum Gasteiger partial charge on any atom is 0.407 e. The highest BCUT2D eigenvalue weighted by atomic mass is 16.6. The fraction of sp³-hybridized carbons (Fsp3) is 0.533. The number of carbonyl (C=O) groups excluding carboxylic acids is 2. The third-order valence-electron chi connectivity index (χ3n) is 2.57. The zero-order chi connectivity index (χ0) is 16.6. The van der Waals surface area contributed by atoms with Crippen LogP contribution >= 0.6 is 0 Å². The molecule has 1 heterocycles. The van der Waals surface area contributed by atoms with Crippen molar-refractivity contribution >= 4 is 17.7 Å². The maximum atomic E-state index is 11.5. The summed E-state index contributed by atoms with van der Waals surface area (Å²) in [4.78, 5) is 26.9. The predicted molar refractivity (Wildman–Crippen MR) is 85.0 cm³/mol. The molecule has 2 amide bonds. The Balaban J connectivity index is 2.28. The molecule has 0 spiro atoms. The lowest BCUT2D eigenvalue weighted by Crippen LogP contribution is -2.33. The molecule has 0 aromatic carbocycles. The van der Waals surface area contributed by atoms with E-state index in [1.54, 1.807) is 25.4 Å². The average Bonchev–Trinajstić information content (AvgIpc) is 2.44. The Morgan fingerprint density at radius 3 is 2.64 bits per heavy atom. The van der Waals surface area contributed by atoms with Crippen LogP contribution in [0.25, 0.3) is 0 Å². The predicted octanol–water partition coefficient (Wildman–Crippen LogP) is 1.77. The molecule has 0 aliphatic heterocycles. The average molecular weight is 308 g/mol. The van der Waals surface area contributed by atoms with Crippen LogP contribution in [-0.4, -0.2) is 42.7 Å². The molecular weight excluding hydrogens is 284 g/mol. The van der Waals surface area contributed by atoms with Crippen molar-refractivity contribution in [3.63, 3.8) is 0 Å². The molecule has 0 fully saturated rings. The zero-order valence-corrected chi connectivity index (χ0v) is 13.5. The van der Waals surface area contributed by atoms with E-state index in [0.717, 1.165) is 12.1 Å². The molecule has 0 saturated heterocycles. The van der Waals surface area contributed by atoms with E-state index in [1.165, 1.54) is 0 Å². The zero-order valence-electron chi connectivity index (χ0n) is 13.5. The van der Waals surface area contributed by atoms with Gasteiger partial charge in [0.2, 0.25) is 0 Å². The first kappa shape index (κ1) is 17.7. The lowest BCUT2D eigenvalue weighted by molar-refractivity contribution is 0.0527. The summed E-state index contributed by atoms with van der Waals surface area (Å²) in [5.41, 5.74) is 0.681. The fourth-order valence-electron chi connectivity index (χ4n) is 1.62. The van der Waals surface area contributed by atoms with Gasteiger partial charge in [-0.05, 0) is 39.3 Å². The Labute approximate surface area is 130 Å². The van der Waals surface area contributed by atoms with Crippen LogP contribution in [0.15, 0.2) is 18.3 Å². The molecule has 0 radical (unpaired) electrons. The van der Waals surface area contributed by atoms with E-state index in [1.807, 2.05) is 20.8 Å². The lowest BCUT2D eigenvalue weighted by atomic mass is 10.2. The summed E-state index contributed by atoms with van der Waals surface area (Å²) in [5, 5.41) is 8.39. The first-order valence-corrected chi connectivity index (χ1v) is 7.20. The highest BCUT2D eigenvalue weighted by molar-refractivity contribution is 5.92. The quantitative estimate of drug-likeness (QED) is 0.697. The molecule has 1 aromatic heterocycles. The summed E-state index contributed by atoms with van der Waals surface area (Å²) in [6, 6.07) is 3.47. The van der Waals surface area contributed by atoms with Gasteiger partial charge in [0.15, 0.2) is 0 Å². The van der Waals surface area contributed by atoms with Gasteiger partial charge >= 0.3 is 6.09 Å². The molecule has 1 rings (SSSR count). The van der Waals surface area contributed by atoms with Gasteiger partial charge < -0.3 is 20.7 Å². The van der Waals surface area contributed by atoms with Crippen LogP contribution < -0.4 is 16.0 Å². The fourth-order valence-corrected chi connectivity index (χ4v) is 1.62. The van der Waals surface area contributed by atoms with Gasteiger partial charge in [-0.3, -0.25) is 9.78 Å². The summed E-state index contributed by atoms with van der Waals surface area (Å²) in [6.07, 6.45) is 1.89. The highest BCUT2D eigenvalue weighted by Gasteiger charge is 2.15. The number of pyridine rings is 1. The van der Waals surface area contributed by atoms with Gasteiger partial charge in [0, 0.05) is 32.0 Å². The van der Waals surface area contributed by atoms with Crippen LogP contribution in [0.3, 0.4) is 0 Å². The Morgan fingerprint density at radius 1 is 1.27 bits per heavy atom. The molecule has 7 heteroatoms. The van der Waals surface area contributed by atoms with E-state index < -0.39 is 11.7 Å². The number of nitrogens with zero attached hydrogens (tertiary/aromatic N) is 1. The number of anilines is 1. The van der Waals surface area contributed by atoms with E-state index in [9.17, 15) is 9.59 Å². The number of ether oxygens (including phenoxy) is 1. The largest absolute Gasteiger partial charge is 0.444 e. The van der Waals surface area contributed by atoms with Crippen LogP contribution in [-0.2, 0) is 4.74 Å². The Kier molecular flexibility index (Phi) is 6.62. The molecule has 22 heavy (non-hydrogen) atoms. The monoisotopic (exact) mass is 308 g/mol. The number of hydrogen-bond donors (Lipinski definition) is 3. The van der Waals surface area contributed by atoms with E-state index in [0.29, 0.717) is 18.8 Å². The van der Waals surface area contributed by atoms with Crippen LogP contribution in [0.4, 0.5) is 10.5 Å². The molecule has 3 N–H and O–H groups in total. The molecular formula is C15H24N4O3. The van der Waals surface area contributed by atoms with Crippen molar-refractivity contribution in [2.24, 2.45) is 0 Å². The number of rotatable bonds is 6. The van der Waals surface area contributed by atoms with Crippen molar-refractivity contribution in [1.29, 1.82) is 0 Å². The maximum absolute atomic E-state index is 11.5. The van der Waals surface area contributed by atoms with Gasteiger partial charge in [0.1, 0.15) is 11.3 Å². The number of carbonyl (C=O) groups is 2. The van der Waals surface area contributed by atoms with Crippen molar-refractivity contribution in [2.75, 3.05) is 25.5 Å². The number of nitrogens with one attached hydrogen (secondary N) is 3. The summed E-state index contributed by atoms with van der Waals surface area (Å²) in [5.74, 6) is -0.227. The Morgan fingerprint density at radius 2 is 2.00 bits per heavy atom. The van der Waals surface area contributed by atoms with Crippen molar-refractivity contribution in [3.05, 3.63) is 24.0 Å². The third kappa shape index (κ3) is 6.92. The lowest BCUT2D eigenvalue weighted by Gasteiger charge is -2.19. The van der Waals surface area contributed by atoms with Crippen LogP contribution in [0.2, 0.25) is 0 Å². The number of hydrogen-bond acceptors (Lipinski definition) is 5. The summed E-state index contributed by atoms with van der Waals surface area (Å²) >= 11 is 0. The second kappa shape index (κ2) is 8.21. The minimum atomic E-state index is -0.490. The standard InChI is InChI=1S/C15H24N4O3/c1-15(2,3)22-14(21)19-8-5-7-17-11-6-9-18-12(10-11)13(20)16-4/h6,9-10H,5,7-8H2,1-4H3,(H,16,20)(H,17,18)(H,19,21). The molecule has 0 aliphatic rings. The SMILES string of the molecule is CNC(=O)c1cc(NCCCNC(=O)OC(C)(C)C)ccn1. The number of amides is 2. The smallest absolute Gasteiger partial charge is 0.407 e. The molecule has 122 valence electrons. The first-order valence-electron chi connectivity index (χ1n) is 7.20. The molecule has 0 atom stereocenters. The van der Waals surface area contributed by atoms with Crippen LogP contribution in [0.1, 0.15) is 37.7 Å². The molecule has 0 aliphatic carbocycles. The van der Waals surface area contributed by atoms with Crippen molar-refractivity contribution in [2.45, 2.75) is 32.8 Å². The first-order chi connectivity index (χ1) is 10.3. The molecule has 1 aromatic rings. The normalized spacial score (nSPS) is 10.7. The second-order valence-electron chi connectivity index (χ2n) is 5.72. The van der Waals surface area contributed by atoms with Crippen molar-refractivity contribution < 1.29 is 14.3 Å². The van der Waals surface area contributed by atoms with E-state index >= 15 is 0 Å². The van der Waals surface area contributed by atoms with E-state index in [4.69, 9.17) is 4.74 Å². The Bertz CT molecular complexity index is 512. The van der Waals surface area contributed by atoms with Crippen molar-refractivity contribution in [1.82, 2.24) is 15.6 Å². The highest BCUT2D eigenvalue weighted by Crippen LogP contribution is 2.08. The molecule has 7 nitrogen and oxygen atoms in total. The Hall–Kier alpha value is -2.31. The number of aromatic nitrogens is 1. The molecule has 0 unspecified atom stereocenters. The van der Waals surface area contributed by atoms with Gasteiger partial charge in [-0.2, -0.15) is 0 Å². The molecule has 0 saturated carbocycles. The minimum absolute atomic E-state index is 0.227. The topological polar surface area (TPSA) is 92.4 Å². The third-order valence-corrected chi connectivity index (χ3v) is 2.57. The van der Waals surface area contributed by atoms with E-state index in [2.05, 4.69) is 20.9 Å². The van der Waals surface area contributed by atoms with E-state index in [-0.39, 0.29) is 5.91 Å². The summed E-state index contributed by atoms with van der Waals surface area (Å²) < 4.78 is 5.13. The number of alkyl carbamates (subject to hydrolysis) is 1.